The Balaban J connectivity index is 2.76. The van der Waals surface area contributed by atoms with E-state index in [0.717, 1.165) is 5.56 Å². The fraction of sp³-hybridized carbons (Fsp3) is 0.200. The number of esters is 1. The summed E-state index contributed by atoms with van der Waals surface area (Å²) in [6, 6.07) is 3.49. The number of ether oxygens (including phenoxy) is 2. The molecule has 0 spiro atoms. The summed E-state index contributed by atoms with van der Waals surface area (Å²) < 4.78 is 9.38. The normalized spacial score (nSPS) is 10.1. The molecule has 0 aliphatic heterocycles. The molecule has 1 aromatic heterocycles. The van der Waals surface area contributed by atoms with Gasteiger partial charge in [0.2, 0.25) is 5.88 Å². The average molecular weight is 193 g/mol. The molecule has 14 heavy (non-hydrogen) atoms. The Bertz CT molecular complexity index is 347. The molecule has 0 aromatic carbocycles. The molecular weight excluding hydrogens is 182 g/mol. The highest BCUT2D eigenvalue weighted by atomic mass is 16.5. The number of hydrogen-bond donors (Lipinski definition) is 0. The van der Waals surface area contributed by atoms with Crippen molar-refractivity contribution in [2.75, 3.05) is 14.2 Å². The van der Waals surface area contributed by atoms with Crippen molar-refractivity contribution >= 4 is 12.0 Å². The fourth-order valence-corrected chi connectivity index (χ4v) is 0.872. The van der Waals surface area contributed by atoms with Gasteiger partial charge in [0.25, 0.3) is 0 Å². The Morgan fingerprint density at radius 2 is 2.29 bits per heavy atom. The van der Waals surface area contributed by atoms with Crippen LogP contribution in [0.25, 0.3) is 6.08 Å². The zero-order chi connectivity index (χ0) is 10.4. The van der Waals surface area contributed by atoms with Gasteiger partial charge in [0.15, 0.2) is 0 Å². The van der Waals surface area contributed by atoms with Gasteiger partial charge in [-0.1, -0.05) is 0 Å². The van der Waals surface area contributed by atoms with Crippen LogP contribution in [-0.2, 0) is 9.53 Å². The molecule has 4 nitrogen and oxygen atoms in total. The van der Waals surface area contributed by atoms with Gasteiger partial charge in [-0.25, -0.2) is 9.78 Å². The van der Waals surface area contributed by atoms with E-state index in [1.54, 1.807) is 24.4 Å². The molecule has 0 bridgehead atoms. The number of methoxy groups -OCH3 is 2. The van der Waals surface area contributed by atoms with E-state index in [4.69, 9.17) is 4.74 Å². The Morgan fingerprint density at radius 1 is 1.50 bits per heavy atom. The van der Waals surface area contributed by atoms with Gasteiger partial charge in [-0.2, -0.15) is 0 Å². The lowest BCUT2D eigenvalue weighted by atomic mass is 10.2. The topological polar surface area (TPSA) is 48.4 Å². The van der Waals surface area contributed by atoms with Crippen molar-refractivity contribution in [3.8, 4) is 5.88 Å². The van der Waals surface area contributed by atoms with Crippen LogP contribution in [0.5, 0.6) is 5.88 Å². The summed E-state index contributed by atoms with van der Waals surface area (Å²) in [5, 5.41) is 0. The smallest absolute Gasteiger partial charge is 0.330 e. The number of nitrogens with zero attached hydrogens (tertiary/aromatic N) is 1. The summed E-state index contributed by atoms with van der Waals surface area (Å²) in [7, 11) is 2.87. The third-order valence-corrected chi connectivity index (χ3v) is 1.58. The first kappa shape index (κ1) is 10.2. The van der Waals surface area contributed by atoms with Gasteiger partial charge in [-0.05, 0) is 17.7 Å². The van der Waals surface area contributed by atoms with Crippen LogP contribution in [0.15, 0.2) is 24.4 Å². The van der Waals surface area contributed by atoms with Crippen molar-refractivity contribution in [1.29, 1.82) is 0 Å². The quantitative estimate of drug-likeness (QED) is 0.536. The van der Waals surface area contributed by atoms with Crippen molar-refractivity contribution in [3.05, 3.63) is 30.0 Å². The Kier molecular flexibility index (Phi) is 3.67. The Hall–Kier alpha value is -1.84. The largest absolute Gasteiger partial charge is 0.481 e. The molecule has 0 radical (unpaired) electrons. The molecule has 0 aliphatic rings. The van der Waals surface area contributed by atoms with Crippen molar-refractivity contribution in [2.24, 2.45) is 0 Å². The second-order valence-electron chi connectivity index (χ2n) is 2.49. The number of hydrogen-bond acceptors (Lipinski definition) is 4. The number of pyridine rings is 1. The molecule has 1 rings (SSSR count). The molecular formula is C10H11NO3. The maximum Gasteiger partial charge on any atom is 0.330 e. The first-order valence-electron chi connectivity index (χ1n) is 4.02. The van der Waals surface area contributed by atoms with Crippen molar-refractivity contribution in [3.63, 3.8) is 0 Å². The minimum Gasteiger partial charge on any atom is -0.481 e. The molecule has 0 unspecified atom stereocenters. The number of aromatic nitrogens is 1. The minimum absolute atomic E-state index is 0.388. The lowest BCUT2D eigenvalue weighted by molar-refractivity contribution is -0.134. The summed E-state index contributed by atoms with van der Waals surface area (Å²) in [4.78, 5) is 14.7. The van der Waals surface area contributed by atoms with Crippen molar-refractivity contribution in [1.82, 2.24) is 4.98 Å². The van der Waals surface area contributed by atoms with Crippen molar-refractivity contribution < 1.29 is 14.3 Å². The highest BCUT2D eigenvalue weighted by Crippen LogP contribution is 2.09. The summed E-state index contributed by atoms with van der Waals surface area (Å²) in [6.45, 7) is 0. The van der Waals surface area contributed by atoms with Crippen LogP contribution in [0.4, 0.5) is 0 Å². The first-order chi connectivity index (χ1) is 6.76. The summed E-state index contributed by atoms with van der Waals surface area (Å²) in [5.41, 5.74) is 0.835. The summed E-state index contributed by atoms with van der Waals surface area (Å²) in [5.74, 6) is 0.123. The number of rotatable bonds is 3. The van der Waals surface area contributed by atoms with Crippen LogP contribution in [-0.4, -0.2) is 25.2 Å². The molecule has 1 heterocycles. The lowest BCUT2D eigenvalue weighted by Gasteiger charge is -1.98. The van der Waals surface area contributed by atoms with Gasteiger partial charge in [0.05, 0.1) is 14.2 Å². The SMILES string of the molecule is COC(=O)/C=C/c1ccnc(OC)c1. The van der Waals surface area contributed by atoms with Gasteiger partial charge < -0.3 is 9.47 Å². The third kappa shape index (κ3) is 2.90. The molecule has 1 aromatic rings. The molecule has 0 saturated heterocycles. The highest BCUT2D eigenvalue weighted by Gasteiger charge is 1.94. The first-order valence-corrected chi connectivity index (χ1v) is 4.02. The predicted octanol–water partition coefficient (Wildman–Crippen LogP) is 1.28. The minimum atomic E-state index is -0.388. The average Bonchev–Trinajstić information content (AvgIpc) is 2.26. The van der Waals surface area contributed by atoms with Gasteiger partial charge in [-0.3, -0.25) is 0 Å². The van der Waals surface area contributed by atoms with E-state index >= 15 is 0 Å². The maximum absolute atomic E-state index is 10.8. The zero-order valence-corrected chi connectivity index (χ0v) is 8.06. The van der Waals surface area contributed by atoms with Crippen LogP contribution in [0.1, 0.15) is 5.56 Å². The zero-order valence-electron chi connectivity index (χ0n) is 8.06. The van der Waals surface area contributed by atoms with Crippen LogP contribution in [0, 0.1) is 0 Å². The van der Waals surface area contributed by atoms with Crippen LogP contribution < -0.4 is 4.74 Å². The molecule has 0 atom stereocenters. The Labute approximate surface area is 82.2 Å². The molecule has 74 valence electrons. The van der Waals surface area contributed by atoms with Gasteiger partial charge in [0, 0.05) is 18.3 Å². The van der Waals surface area contributed by atoms with E-state index in [0.29, 0.717) is 5.88 Å². The highest BCUT2D eigenvalue weighted by molar-refractivity contribution is 5.86. The van der Waals surface area contributed by atoms with Crippen LogP contribution in [0.3, 0.4) is 0 Å². The van der Waals surface area contributed by atoms with E-state index in [2.05, 4.69) is 9.72 Å². The molecule has 0 aliphatic carbocycles. The molecule has 0 amide bonds. The Morgan fingerprint density at radius 3 is 2.93 bits per heavy atom. The molecule has 0 saturated carbocycles. The second kappa shape index (κ2) is 5.01. The summed E-state index contributed by atoms with van der Waals surface area (Å²) >= 11 is 0. The van der Waals surface area contributed by atoms with Gasteiger partial charge >= 0.3 is 5.97 Å². The van der Waals surface area contributed by atoms with Gasteiger partial charge in [0.1, 0.15) is 0 Å². The molecule has 4 heteroatoms. The lowest BCUT2D eigenvalue weighted by Crippen LogP contribution is -1.93. The van der Waals surface area contributed by atoms with Crippen molar-refractivity contribution in [2.45, 2.75) is 0 Å². The third-order valence-electron chi connectivity index (χ3n) is 1.58. The standard InChI is InChI=1S/C10H11NO3/c1-13-9-7-8(5-6-11-9)3-4-10(12)14-2/h3-7H,1-2H3/b4-3+. The summed E-state index contributed by atoms with van der Waals surface area (Å²) in [6.07, 6.45) is 4.58. The van der Waals surface area contributed by atoms with E-state index in [1.165, 1.54) is 20.3 Å². The van der Waals surface area contributed by atoms with E-state index in [-0.39, 0.29) is 5.97 Å². The van der Waals surface area contributed by atoms with E-state index in [1.807, 2.05) is 0 Å². The number of carbonyl (C=O) groups excluding carboxylic acids is 1. The number of carbonyl (C=O) groups is 1. The second-order valence-corrected chi connectivity index (χ2v) is 2.49. The van der Waals surface area contributed by atoms with Gasteiger partial charge in [-0.15, -0.1) is 0 Å². The monoisotopic (exact) mass is 193 g/mol. The van der Waals surface area contributed by atoms with E-state index < -0.39 is 0 Å². The van der Waals surface area contributed by atoms with Crippen LogP contribution in [0.2, 0.25) is 0 Å². The predicted molar refractivity (Wildman–Crippen MR) is 51.8 cm³/mol. The fourth-order valence-electron chi connectivity index (χ4n) is 0.872. The van der Waals surface area contributed by atoms with E-state index in [9.17, 15) is 4.79 Å². The molecule has 0 N–H and O–H groups in total. The van der Waals surface area contributed by atoms with Crippen LogP contribution >= 0.6 is 0 Å². The molecule has 0 fully saturated rings. The maximum atomic E-state index is 10.8.